The maximum atomic E-state index is 12.9. The molecule has 3 rings (SSSR count). The van der Waals surface area contributed by atoms with Gasteiger partial charge in [0.25, 0.3) is 5.56 Å². The maximum absolute atomic E-state index is 12.9. The van der Waals surface area contributed by atoms with E-state index in [1.165, 1.54) is 12.1 Å². The lowest BCUT2D eigenvalue weighted by Crippen LogP contribution is -2.20. The van der Waals surface area contributed by atoms with E-state index in [1.54, 1.807) is 35.0 Å². The fraction of sp³-hybridized carbons (Fsp3) is 0.211. The smallest absolute Gasteiger partial charge is 0.258 e. The Morgan fingerprint density at radius 3 is 2.62 bits per heavy atom. The average molecular weight is 326 g/mol. The Balaban J connectivity index is 1.78. The third-order valence-electron chi connectivity index (χ3n) is 3.87. The highest BCUT2D eigenvalue weighted by Gasteiger charge is 2.05. The van der Waals surface area contributed by atoms with Gasteiger partial charge < -0.3 is 15.0 Å². The molecule has 1 heterocycles. The van der Waals surface area contributed by atoms with E-state index in [2.05, 4.69) is 0 Å². The minimum absolute atomic E-state index is 0.0222. The molecule has 3 aromatic rings. The summed E-state index contributed by atoms with van der Waals surface area (Å²) in [7, 11) is 0. The number of hydrogen-bond acceptors (Lipinski definition) is 3. The molecule has 0 aliphatic rings. The van der Waals surface area contributed by atoms with Crippen LogP contribution >= 0.6 is 0 Å². The number of hydrogen-bond donors (Lipinski definition) is 1. The third kappa shape index (κ3) is 3.63. The van der Waals surface area contributed by atoms with E-state index in [9.17, 15) is 9.18 Å². The van der Waals surface area contributed by atoms with E-state index < -0.39 is 0 Å². The second-order valence-electron chi connectivity index (χ2n) is 5.62. The molecule has 24 heavy (non-hydrogen) atoms. The number of nitrogens with two attached hydrogens (primary N) is 1. The number of aromatic nitrogens is 1. The Hall–Kier alpha value is -2.66. The van der Waals surface area contributed by atoms with Crippen molar-refractivity contribution in [2.45, 2.75) is 19.6 Å². The first-order valence-electron chi connectivity index (χ1n) is 7.88. The van der Waals surface area contributed by atoms with E-state index >= 15 is 0 Å². The van der Waals surface area contributed by atoms with Crippen molar-refractivity contribution >= 4 is 10.8 Å². The molecule has 0 aliphatic heterocycles. The van der Waals surface area contributed by atoms with Crippen molar-refractivity contribution in [1.82, 2.24) is 4.57 Å². The second-order valence-corrected chi connectivity index (χ2v) is 5.62. The van der Waals surface area contributed by atoms with Gasteiger partial charge in [-0.3, -0.25) is 4.79 Å². The summed E-state index contributed by atoms with van der Waals surface area (Å²) in [5.74, 6) is 0.404. The molecule has 2 aromatic carbocycles. The Morgan fingerprint density at radius 2 is 1.88 bits per heavy atom. The van der Waals surface area contributed by atoms with Crippen LogP contribution in [0.1, 0.15) is 12.0 Å². The molecule has 5 heteroatoms. The van der Waals surface area contributed by atoms with Crippen LogP contribution in [0.2, 0.25) is 0 Å². The summed E-state index contributed by atoms with van der Waals surface area (Å²) >= 11 is 0. The van der Waals surface area contributed by atoms with Crippen molar-refractivity contribution in [3.05, 3.63) is 76.5 Å². The Kier molecular flexibility index (Phi) is 4.91. The lowest BCUT2D eigenvalue weighted by molar-refractivity contribution is 0.306. The predicted molar refractivity (Wildman–Crippen MR) is 92.6 cm³/mol. The molecule has 0 aliphatic carbocycles. The van der Waals surface area contributed by atoms with Crippen LogP contribution in [0.15, 0.2) is 59.5 Å². The van der Waals surface area contributed by atoms with Crippen LogP contribution in [0.3, 0.4) is 0 Å². The first kappa shape index (κ1) is 16.2. The van der Waals surface area contributed by atoms with E-state index in [0.29, 0.717) is 30.8 Å². The number of benzene rings is 2. The Bertz CT molecular complexity index is 888. The summed E-state index contributed by atoms with van der Waals surface area (Å²) in [6.45, 7) is 1.52. The van der Waals surface area contributed by atoms with Crippen LogP contribution in [0.25, 0.3) is 10.8 Å². The summed E-state index contributed by atoms with van der Waals surface area (Å²) in [6.07, 6.45) is 2.55. The van der Waals surface area contributed by atoms with Crippen LogP contribution in [-0.4, -0.2) is 11.1 Å². The number of nitrogens with zero attached hydrogens (tertiary/aromatic N) is 1. The molecule has 0 atom stereocenters. The van der Waals surface area contributed by atoms with Gasteiger partial charge >= 0.3 is 0 Å². The van der Waals surface area contributed by atoms with Crippen LogP contribution in [0, 0.1) is 5.82 Å². The zero-order valence-electron chi connectivity index (χ0n) is 13.2. The summed E-state index contributed by atoms with van der Waals surface area (Å²) < 4.78 is 20.3. The third-order valence-corrected chi connectivity index (χ3v) is 3.87. The van der Waals surface area contributed by atoms with Crippen LogP contribution < -0.4 is 16.0 Å². The van der Waals surface area contributed by atoms with E-state index in [-0.39, 0.29) is 11.4 Å². The Morgan fingerprint density at radius 1 is 1.08 bits per heavy atom. The second kappa shape index (κ2) is 7.27. The van der Waals surface area contributed by atoms with Crippen molar-refractivity contribution in [2.24, 2.45) is 5.73 Å². The van der Waals surface area contributed by atoms with Gasteiger partial charge in [0, 0.05) is 18.1 Å². The highest BCUT2D eigenvalue weighted by Crippen LogP contribution is 2.19. The van der Waals surface area contributed by atoms with Gasteiger partial charge in [-0.15, -0.1) is 0 Å². The number of rotatable bonds is 6. The molecule has 1 aromatic heterocycles. The molecule has 0 unspecified atom stereocenters. The molecular weight excluding hydrogens is 307 g/mol. The van der Waals surface area contributed by atoms with Gasteiger partial charge in [-0.05, 0) is 60.3 Å². The highest BCUT2D eigenvalue weighted by molar-refractivity contribution is 5.82. The largest absolute Gasteiger partial charge is 0.489 e. The van der Waals surface area contributed by atoms with Gasteiger partial charge in [0.2, 0.25) is 0 Å². The van der Waals surface area contributed by atoms with Gasteiger partial charge in [0.05, 0.1) is 0 Å². The molecule has 0 fully saturated rings. The summed E-state index contributed by atoms with van der Waals surface area (Å²) in [4.78, 5) is 12.4. The summed E-state index contributed by atoms with van der Waals surface area (Å²) in [5.41, 5.74) is 6.36. The quantitative estimate of drug-likeness (QED) is 0.757. The van der Waals surface area contributed by atoms with Gasteiger partial charge in [-0.1, -0.05) is 12.1 Å². The number of aryl methyl sites for hydroxylation is 1. The fourth-order valence-corrected chi connectivity index (χ4v) is 2.54. The number of ether oxygens (including phenoxy) is 1. The summed E-state index contributed by atoms with van der Waals surface area (Å²) in [5, 5.41) is 1.49. The van der Waals surface area contributed by atoms with Gasteiger partial charge in [0.1, 0.15) is 18.2 Å². The zero-order valence-corrected chi connectivity index (χ0v) is 13.2. The topological polar surface area (TPSA) is 57.2 Å². The standard InChI is InChI=1S/C19H19FN2O2/c20-16-4-2-14(3-5-16)13-24-17-6-7-18-15(12-17)8-11-22(19(18)23)10-1-9-21/h2-8,11-12H,1,9-10,13,21H2. The van der Waals surface area contributed by atoms with Gasteiger partial charge in [0.15, 0.2) is 0 Å². The molecule has 0 saturated carbocycles. The summed E-state index contributed by atoms with van der Waals surface area (Å²) in [6, 6.07) is 13.5. The molecule has 4 nitrogen and oxygen atoms in total. The SMILES string of the molecule is NCCCn1ccc2cc(OCc3ccc(F)cc3)ccc2c1=O. The van der Waals surface area contributed by atoms with Crippen molar-refractivity contribution in [3.63, 3.8) is 0 Å². The first-order chi connectivity index (χ1) is 11.7. The van der Waals surface area contributed by atoms with Gasteiger partial charge in [-0.2, -0.15) is 0 Å². The molecule has 0 spiro atoms. The maximum Gasteiger partial charge on any atom is 0.258 e. The number of fused-ring (bicyclic) bond motifs is 1. The monoisotopic (exact) mass is 326 g/mol. The minimum atomic E-state index is -0.268. The van der Waals surface area contributed by atoms with E-state index in [0.717, 1.165) is 17.4 Å². The van der Waals surface area contributed by atoms with Crippen LogP contribution in [0.5, 0.6) is 5.75 Å². The zero-order chi connectivity index (χ0) is 16.9. The molecule has 124 valence electrons. The molecule has 2 N–H and O–H groups in total. The normalized spacial score (nSPS) is 10.9. The lowest BCUT2D eigenvalue weighted by Gasteiger charge is -2.09. The average Bonchev–Trinajstić information content (AvgIpc) is 2.61. The first-order valence-corrected chi connectivity index (χ1v) is 7.88. The predicted octanol–water partition coefficient (Wildman–Crippen LogP) is 3.07. The van der Waals surface area contributed by atoms with Crippen LogP contribution in [0.4, 0.5) is 4.39 Å². The van der Waals surface area contributed by atoms with Crippen LogP contribution in [-0.2, 0) is 13.2 Å². The van der Waals surface area contributed by atoms with Crippen molar-refractivity contribution in [2.75, 3.05) is 6.54 Å². The van der Waals surface area contributed by atoms with Crippen molar-refractivity contribution < 1.29 is 9.13 Å². The van der Waals surface area contributed by atoms with Crippen molar-refractivity contribution in [3.8, 4) is 5.75 Å². The van der Waals surface area contributed by atoms with Crippen molar-refractivity contribution in [1.29, 1.82) is 0 Å². The highest BCUT2D eigenvalue weighted by atomic mass is 19.1. The molecule has 0 saturated heterocycles. The minimum Gasteiger partial charge on any atom is -0.489 e. The lowest BCUT2D eigenvalue weighted by atomic mass is 10.1. The van der Waals surface area contributed by atoms with Gasteiger partial charge in [-0.25, -0.2) is 4.39 Å². The molecular formula is C19H19FN2O2. The van der Waals surface area contributed by atoms with E-state index in [1.807, 2.05) is 12.1 Å². The molecule has 0 radical (unpaired) electrons. The van der Waals surface area contributed by atoms with E-state index in [4.69, 9.17) is 10.5 Å². The molecule has 0 bridgehead atoms. The number of halogens is 1. The fourth-order valence-electron chi connectivity index (χ4n) is 2.54. The number of pyridine rings is 1. The molecule has 0 amide bonds. The Labute approximate surface area is 139 Å².